The average Bonchev–Trinajstić information content (AvgIpc) is 2.43. The summed E-state index contributed by atoms with van der Waals surface area (Å²) in [6.45, 7) is 3.84. The minimum Gasteiger partial charge on any atom is -0.497 e. The Hall–Kier alpha value is -1.79. The molecular weight excluding hydrogens is 274 g/mol. The van der Waals surface area contributed by atoms with Gasteiger partial charge in [-0.1, -0.05) is 0 Å². The molecule has 21 heavy (non-hydrogen) atoms. The first-order valence-electron chi connectivity index (χ1n) is 6.74. The smallest absolute Gasteiger partial charge is 0.329 e. The quantitative estimate of drug-likeness (QED) is 0.819. The van der Waals surface area contributed by atoms with Crippen molar-refractivity contribution >= 4 is 5.97 Å². The predicted molar refractivity (Wildman–Crippen MR) is 76.8 cm³/mol. The Bertz CT molecular complexity index is 489. The third-order valence-electron chi connectivity index (χ3n) is 3.48. The number of benzene rings is 1. The predicted octanol–water partition coefficient (Wildman–Crippen LogP) is 1.38. The molecule has 0 spiro atoms. The Morgan fingerprint density at radius 2 is 1.81 bits per heavy atom. The minimum atomic E-state index is -0.938. The first kappa shape index (κ1) is 15.6. The summed E-state index contributed by atoms with van der Waals surface area (Å²) in [6, 6.07) is 5.77. The number of carboxylic acid groups (broad SMARTS) is 1. The number of methoxy groups -OCH3 is 2. The van der Waals surface area contributed by atoms with Gasteiger partial charge in [0, 0.05) is 25.7 Å². The molecule has 1 aromatic carbocycles. The van der Waals surface area contributed by atoms with Gasteiger partial charge in [-0.3, -0.25) is 4.90 Å². The van der Waals surface area contributed by atoms with Gasteiger partial charge in [0.2, 0.25) is 0 Å². The van der Waals surface area contributed by atoms with Crippen molar-refractivity contribution in [2.45, 2.75) is 19.1 Å². The Kier molecular flexibility index (Phi) is 4.69. The molecule has 0 bridgehead atoms. The Morgan fingerprint density at radius 3 is 2.29 bits per heavy atom. The molecule has 116 valence electrons. The van der Waals surface area contributed by atoms with Gasteiger partial charge in [-0.25, -0.2) is 4.79 Å². The van der Waals surface area contributed by atoms with Crippen molar-refractivity contribution in [1.29, 1.82) is 0 Å². The normalized spacial score (nSPS) is 17.1. The van der Waals surface area contributed by atoms with Gasteiger partial charge in [0.25, 0.3) is 0 Å². The number of rotatable bonds is 7. The van der Waals surface area contributed by atoms with E-state index >= 15 is 0 Å². The molecule has 0 atom stereocenters. The van der Waals surface area contributed by atoms with Crippen LogP contribution in [0.25, 0.3) is 0 Å². The van der Waals surface area contributed by atoms with E-state index in [0.717, 1.165) is 23.6 Å². The number of aliphatic carboxylic acids is 1. The standard InChI is InChI=1S/C15H21NO5/c1-15(21-8-14(17)18)9-16(10-15)7-11-4-12(19-2)6-13(5-11)20-3/h4-6H,7-10H2,1-3H3,(H,17,18). The Labute approximate surface area is 124 Å². The first-order valence-corrected chi connectivity index (χ1v) is 6.74. The van der Waals surface area contributed by atoms with Gasteiger partial charge in [-0.2, -0.15) is 0 Å². The second-order valence-corrected chi connectivity index (χ2v) is 5.50. The average molecular weight is 295 g/mol. The van der Waals surface area contributed by atoms with E-state index in [1.54, 1.807) is 14.2 Å². The number of carbonyl (C=O) groups is 1. The topological polar surface area (TPSA) is 68.2 Å². The van der Waals surface area contributed by atoms with E-state index in [4.69, 9.17) is 19.3 Å². The molecule has 0 radical (unpaired) electrons. The van der Waals surface area contributed by atoms with Gasteiger partial charge in [-0.05, 0) is 24.6 Å². The number of nitrogens with zero attached hydrogens (tertiary/aromatic N) is 1. The van der Waals surface area contributed by atoms with E-state index in [0.29, 0.717) is 13.1 Å². The summed E-state index contributed by atoms with van der Waals surface area (Å²) >= 11 is 0. The van der Waals surface area contributed by atoms with Crippen molar-refractivity contribution in [2.75, 3.05) is 33.9 Å². The molecule has 0 unspecified atom stereocenters. The molecule has 1 heterocycles. The van der Waals surface area contributed by atoms with Crippen LogP contribution in [0, 0.1) is 0 Å². The molecule has 1 N–H and O–H groups in total. The Morgan fingerprint density at radius 1 is 1.24 bits per heavy atom. The molecule has 0 amide bonds. The molecule has 1 saturated heterocycles. The number of hydrogen-bond acceptors (Lipinski definition) is 5. The second kappa shape index (κ2) is 6.32. The van der Waals surface area contributed by atoms with Crippen molar-refractivity contribution < 1.29 is 24.1 Å². The maximum atomic E-state index is 10.5. The highest BCUT2D eigenvalue weighted by molar-refractivity contribution is 5.68. The van der Waals surface area contributed by atoms with Crippen LogP contribution in [0.15, 0.2) is 18.2 Å². The SMILES string of the molecule is COc1cc(CN2CC(C)(OCC(=O)O)C2)cc(OC)c1. The van der Waals surface area contributed by atoms with Crippen LogP contribution in [0.5, 0.6) is 11.5 Å². The molecule has 1 aromatic rings. The van der Waals surface area contributed by atoms with Gasteiger partial charge in [0.05, 0.1) is 19.8 Å². The van der Waals surface area contributed by atoms with E-state index in [1.807, 2.05) is 25.1 Å². The fourth-order valence-corrected chi connectivity index (χ4v) is 2.55. The van der Waals surface area contributed by atoms with Gasteiger partial charge >= 0.3 is 5.97 Å². The van der Waals surface area contributed by atoms with Crippen molar-refractivity contribution in [3.05, 3.63) is 23.8 Å². The number of likely N-dealkylation sites (tertiary alicyclic amines) is 1. The summed E-state index contributed by atoms with van der Waals surface area (Å²) in [5.74, 6) is 0.580. The summed E-state index contributed by atoms with van der Waals surface area (Å²) in [4.78, 5) is 12.7. The molecule has 0 aliphatic carbocycles. The molecule has 0 aromatic heterocycles. The summed E-state index contributed by atoms with van der Waals surface area (Å²) < 4.78 is 15.9. The van der Waals surface area contributed by atoms with Crippen molar-refractivity contribution in [2.24, 2.45) is 0 Å². The molecule has 6 nitrogen and oxygen atoms in total. The van der Waals surface area contributed by atoms with Crippen LogP contribution in [0.3, 0.4) is 0 Å². The maximum absolute atomic E-state index is 10.5. The maximum Gasteiger partial charge on any atom is 0.329 e. The highest BCUT2D eigenvalue weighted by Crippen LogP contribution is 2.29. The van der Waals surface area contributed by atoms with E-state index < -0.39 is 5.97 Å². The lowest BCUT2D eigenvalue weighted by molar-refractivity contribution is -0.165. The molecule has 2 rings (SSSR count). The highest BCUT2D eigenvalue weighted by atomic mass is 16.5. The van der Waals surface area contributed by atoms with Gasteiger partial charge in [-0.15, -0.1) is 0 Å². The third-order valence-corrected chi connectivity index (χ3v) is 3.48. The fraction of sp³-hybridized carbons (Fsp3) is 0.533. The lowest BCUT2D eigenvalue weighted by Crippen LogP contribution is -2.61. The van der Waals surface area contributed by atoms with E-state index in [1.165, 1.54) is 0 Å². The summed E-state index contributed by atoms with van der Waals surface area (Å²) in [5.41, 5.74) is 0.716. The first-order chi connectivity index (χ1) is 9.94. The zero-order valence-corrected chi connectivity index (χ0v) is 12.6. The van der Waals surface area contributed by atoms with Crippen LogP contribution in [0.4, 0.5) is 0 Å². The van der Waals surface area contributed by atoms with Gasteiger partial charge in [0.15, 0.2) is 0 Å². The van der Waals surface area contributed by atoms with Crippen molar-refractivity contribution in [3.8, 4) is 11.5 Å². The van der Waals surface area contributed by atoms with E-state index in [2.05, 4.69) is 4.90 Å². The van der Waals surface area contributed by atoms with Gasteiger partial charge < -0.3 is 19.3 Å². The fourth-order valence-electron chi connectivity index (χ4n) is 2.55. The second-order valence-electron chi connectivity index (χ2n) is 5.50. The minimum absolute atomic E-state index is 0.253. The molecule has 6 heteroatoms. The zero-order chi connectivity index (χ0) is 15.5. The Balaban J connectivity index is 1.91. The van der Waals surface area contributed by atoms with Crippen molar-refractivity contribution in [1.82, 2.24) is 4.90 Å². The highest BCUT2D eigenvalue weighted by Gasteiger charge is 2.40. The lowest BCUT2D eigenvalue weighted by atomic mass is 9.95. The summed E-state index contributed by atoms with van der Waals surface area (Å²) in [6.07, 6.45) is 0. The van der Waals surface area contributed by atoms with Crippen LogP contribution in [0.2, 0.25) is 0 Å². The van der Waals surface area contributed by atoms with Gasteiger partial charge in [0.1, 0.15) is 18.1 Å². The largest absolute Gasteiger partial charge is 0.497 e. The lowest BCUT2D eigenvalue weighted by Gasteiger charge is -2.47. The van der Waals surface area contributed by atoms with Crippen LogP contribution in [-0.2, 0) is 16.1 Å². The molecule has 1 fully saturated rings. The van der Waals surface area contributed by atoms with Crippen LogP contribution in [-0.4, -0.2) is 55.5 Å². The van der Waals surface area contributed by atoms with Crippen molar-refractivity contribution in [3.63, 3.8) is 0 Å². The summed E-state index contributed by atoms with van der Waals surface area (Å²) in [7, 11) is 3.25. The van der Waals surface area contributed by atoms with Crippen LogP contribution < -0.4 is 9.47 Å². The number of carboxylic acids is 1. The molecule has 1 aliphatic rings. The number of hydrogen-bond donors (Lipinski definition) is 1. The van der Waals surface area contributed by atoms with E-state index in [9.17, 15) is 4.79 Å². The zero-order valence-electron chi connectivity index (χ0n) is 12.6. The summed E-state index contributed by atoms with van der Waals surface area (Å²) in [5, 5.41) is 8.65. The third kappa shape index (κ3) is 4.09. The number of ether oxygens (including phenoxy) is 3. The van der Waals surface area contributed by atoms with Crippen LogP contribution in [0.1, 0.15) is 12.5 Å². The van der Waals surface area contributed by atoms with Crippen LogP contribution >= 0.6 is 0 Å². The molecular formula is C15H21NO5. The molecule has 0 saturated carbocycles. The van der Waals surface area contributed by atoms with E-state index in [-0.39, 0.29) is 12.2 Å². The molecule has 1 aliphatic heterocycles. The monoisotopic (exact) mass is 295 g/mol.